The van der Waals surface area contributed by atoms with E-state index in [9.17, 15) is 26.6 Å². The number of hydrogen-bond acceptors (Lipinski definition) is 6. The molecule has 34 heavy (non-hydrogen) atoms. The highest BCUT2D eigenvalue weighted by Crippen LogP contribution is 2.37. The summed E-state index contributed by atoms with van der Waals surface area (Å²) in [5, 5.41) is 2.50. The van der Waals surface area contributed by atoms with E-state index in [0.29, 0.717) is 11.1 Å². The summed E-state index contributed by atoms with van der Waals surface area (Å²) in [7, 11) is -1.32. The van der Waals surface area contributed by atoms with Gasteiger partial charge in [0, 0.05) is 30.1 Å². The Balaban J connectivity index is 2.08. The van der Waals surface area contributed by atoms with Crippen molar-refractivity contribution in [3.63, 3.8) is 0 Å². The van der Waals surface area contributed by atoms with Crippen LogP contribution in [0.15, 0.2) is 51.9 Å². The number of nitrogens with zero attached hydrogens (tertiary/aromatic N) is 3. The maximum absolute atomic E-state index is 13.5. The second kappa shape index (κ2) is 9.37. The van der Waals surface area contributed by atoms with Gasteiger partial charge in [-0.25, -0.2) is 18.5 Å². The Kier molecular flexibility index (Phi) is 6.92. The van der Waals surface area contributed by atoms with Gasteiger partial charge in [0.15, 0.2) is 5.75 Å². The highest BCUT2D eigenvalue weighted by atomic mass is 32.2. The van der Waals surface area contributed by atoms with Crippen LogP contribution in [0.1, 0.15) is 27.2 Å². The van der Waals surface area contributed by atoms with Gasteiger partial charge in [0.05, 0.1) is 21.0 Å². The summed E-state index contributed by atoms with van der Waals surface area (Å²) in [6.45, 7) is 2.55. The Morgan fingerprint density at radius 3 is 2.50 bits per heavy atom. The molecule has 1 amide bonds. The Hall–Kier alpha value is -3.54. The molecule has 0 saturated heterocycles. The number of anilines is 1. The first-order valence-corrected chi connectivity index (χ1v) is 11.7. The number of pyridine rings is 2. The van der Waals surface area contributed by atoms with Gasteiger partial charge in [-0.05, 0) is 49.7 Å². The second-order valence-corrected chi connectivity index (χ2v) is 9.70. The summed E-state index contributed by atoms with van der Waals surface area (Å²) in [4.78, 5) is 20.8. The molecule has 0 aliphatic heterocycles. The van der Waals surface area contributed by atoms with Gasteiger partial charge >= 0.3 is 6.18 Å². The van der Waals surface area contributed by atoms with Crippen LogP contribution in [-0.2, 0) is 15.9 Å². The predicted octanol–water partition coefficient (Wildman–Crippen LogP) is 5.38. The number of halogens is 4. The molecule has 0 spiro atoms. The van der Waals surface area contributed by atoms with E-state index in [0.717, 1.165) is 13.0 Å². The van der Waals surface area contributed by atoms with Crippen LogP contribution in [0.5, 0.6) is 11.6 Å². The van der Waals surface area contributed by atoms with Gasteiger partial charge in [-0.15, -0.1) is 0 Å². The van der Waals surface area contributed by atoms with E-state index in [1.54, 1.807) is 6.07 Å². The zero-order valence-corrected chi connectivity index (χ0v) is 19.3. The lowest BCUT2D eigenvalue weighted by Crippen LogP contribution is -2.19. The van der Waals surface area contributed by atoms with E-state index in [1.165, 1.54) is 44.5 Å². The van der Waals surface area contributed by atoms with Crippen molar-refractivity contribution < 1.29 is 31.3 Å². The molecule has 1 atom stereocenters. The molecule has 2 aromatic heterocycles. The summed E-state index contributed by atoms with van der Waals surface area (Å²) >= 11 is 0. The van der Waals surface area contributed by atoms with Crippen molar-refractivity contribution in [1.82, 2.24) is 9.97 Å². The molecular weight excluding hydrogens is 476 g/mol. The molecule has 12 heteroatoms. The zero-order valence-electron chi connectivity index (χ0n) is 18.5. The van der Waals surface area contributed by atoms with Crippen molar-refractivity contribution in [3.8, 4) is 11.6 Å². The fraction of sp³-hybridized carbons (Fsp3) is 0.227. The molecule has 0 bridgehead atoms. The number of alkyl halides is 3. The van der Waals surface area contributed by atoms with Gasteiger partial charge in [0.1, 0.15) is 5.56 Å². The third kappa shape index (κ3) is 5.33. The smallest absolute Gasteiger partial charge is 0.418 e. The first-order chi connectivity index (χ1) is 15.8. The number of ether oxygens (including phenoxy) is 1. The summed E-state index contributed by atoms with van der Waals surface area (Å²) < 4.78 is 75.7. The lowest BCUT2D eigenvalue weighted by atomic mass is 10.0. The topological polar surface area (TPSA) is 93.5 Å². The van der Waals surface area contributed by atoms with Gasteiger partial charge in [0.2, 0.25) is 11.8 Å². The normalized spacial score (nSPS) is 13.2. The molecule has 0 saturated carbocycles. The molecule has 1 aromatic carbocycles. The number of rotatable bonds is 5. The first kappa shape index (κ1) is 25.1. The molecule has 1 unspecified atom stereocenters. The lowest BCUT2D eigenvalue weighted by Gasteiger charge is -2.17. The number of hydrogen-bond donors (Lipinski definition) is 1. The minimum atomic E-state index is -4.77. The molecule has 3 aromatic rings. The SMILES string of the molecule is CN=S(C)(=O)c1cccc(NC(=O)c2c(Oc3ccc(F)nc3C)ncc(C(F)(F)F)c2C)c1. The first-order valence-electron chi connectivity index (χ1n) is 9.73. The molecule has 7 nitrogen and oxygen atoms in total. The van der Waals surface area contributed by atoms with Crippen molar-refractivity contribution in [2.24, 2.45) is 4.36 Å². The molecule has 1 N–H and O–H groups in total. The monoisotopic (exact) mass is 496 g/mol. The number of carbonyl (C=O) groups is 1. The quantitative estimate of drug-likeness (QED) is 0.378. The molecular formula is C22H20F4N4O3S. The van der Waals surface area contributed by atoms with Crippen LogP contribution in [0.25, 0.3) is 0 Å². The van der Waals surface area contributed by atoms with E-state index in [2.05, 4.69) is 19.6 Å². The largest absolute Gasteiger partial charge is 0.436 e. The fourth-order valence-electron chi connectivity index (χ4n) is 3.05. The number of aromatic nitrogens is 2. The van der Waals surface area contributed by atoms with Crippen LogP contribution in [0.4, 0.5) is 23.2 Å². The third-order valence-corrected chi connectivity index (χ3v) is 6.75. The standard InChI is InChI=1S/C22H20F4N4O3S/c1-12-16(22(24,25)26)11-28-21(33-17-8-9-18(23)29-13(17)2)19(12)20(31)30-14-6-5-7-15(10-14)34(4,32)27-3/h5-11H,1-4H3,(H,30,31). The number of aryl methyl sites for hydroxylation is 1. The summed E-state index contributed by atoms with van der Waals surface area (Å²) in [5.41, 5.74) is -1.71. The molecule has 3 rings (SSSR count). The number of nitrogens with one attached hydrogen (secondary N) is 1. The van der Waals surface area contributed by atoms with Gasteiger partial charge < -0.3 is 10.1 Å². The Morgan fingerprint density at radius 1 is 1.18 bits per heavy atom. The molecule has 0 radical (unpaired) electrons. The van der Waals surface area contributed by atoms with E-state index in [-0.39, 0.29) is 17.1 Å². The van der Waals surface area contributed by atoms with Crippen LogP contribution in [-0.4, -0.2) is 33.4 Å². The molecule has 0 fully saturated rings. The van der Waals surface area contributed by atoms with Crippen LogP contribution >= 0.6 is 0 Å². The van der Waals surface area contributed by atoms with Crippen molar-refractivity contribution in [2.45, 2.75) is 24.9 Å². The minimum Gasteiger partial charge on any atom is -0.436 e. The Bertz CT molecular complexity index is 1380. The molecule has 0 aliphatic rings. The van der Waals surface area contributed by atoms with Crippen LogP contribution in [0.3, 0.4) is 0 Å². The average Bonchev–Trinajstić information content (AvgIpc) is 2.75. The predicted molar refractivity (Wildman–Crippen MR) is 118 cm³/mol. The number of benzene rings is 1. The molecule has 2 heterocycles. The van der Waals surface area contributed by atoms with Crippen molar-refractivity contribution in [1.29, 1.82) is 0 Å². The van der Waals surface area contributed by atoms with Gasteiger partial charge in [0.25, 0.3) is 5.91 Å². The summed E-state index contributed by atoms with van der Waals surface area (Å²) in [5.74, 6) is -2.12. The maximum atomic E-state index is 13.5. The summed E-state index contributed by atoms with van der Waals surface area (Å²) in [6.07, 6.45) is -2.79. The Morgan fingerprint density at radius 2 is 1.88 bits per heavy atom. The molecule has 180 valence electrons. The van der Waals surface area contributed by atoms with Gasteiger partial charge in [-0.1, -0.05) is 6.07 Å². The lowest BCUT2D eigenvalue weighted by molar-refractivity contribution is -0.138. The Labute approximate surface area is 193 Å². The minimum absolute atomic E-state index is 0.0133. The molecule has 0 aliphatic carbocycles. The third-order valence-electron chi connectivity index (χ3n) is 4.92. The zero-order chi connectivity index (χ0) is 25.3. The van der Waals surface area contributed by atoms with Crippen molar-refractivity contribution >= 4 is 21.3 Å². The van der Waals surface area contributed by atoms with E-state index in [4.69, 9.17) is 4.74 Å². The highest BCUT2D eigenvalue weighted by Gasteiger charge is 2.36. The number of amides is 1. The summed E-state index contributed by atoms with van der Waals surface area (Å²) in [6, 6.07) is 8.22. The fourth-order valence-corrected chi connectivity index (χ4v) is 3.94. The second-order valence-electron chi connectivity index (χ2n) is 7.26. The van der Waals surface area contributed by atoms with Crippen LogP contribution in [0, 0.1) is 19.8 Å². The van der Waals surface area contributed by atoms with Crippen molar-refractivity contribution in [2.75, 3.05) is 18.6 Å². The van der Waals surface area contributed by atoms with E-state index in [1.807, 2.05) is 0 Å². The van der Waals surface area contributed by atoms with Crippen LogP contribution in [0.2, 0.25) is 0 Å². The number of carbonyl (C=O) groups excluding carboxylic acids is 1. The van der Waals surface area contributed by atoms with Gasteiger partial charge in [-0.2, -0.15) is 17.6 Å². The van der Waals surface area contributed by atoms with Gasteiger partial charge in [-0.3, -0.25) is 4.79 Å². The van der Waals surface area contributed by atoms with Crippen LogP contribution < -0.4 is 10.1 Å². The highest BCUT2D eigenvalue weighted by molar-refractivity contribution is 7.93. The van der Waals surface area contributed by atoms with Crippen molar-refractivity contribution in [3.05, 3.63) is 70.9 Å². The maximum Gasteiger partial charge on any atom is 0.418 e. The van der Waals surface area contributed by atoms with E-state index >= 15 is 0 Å². The van der Waals surface area contributed by atoms with E-state index < -0.39 is 50.3 Å². The average molecular weight is 496 g/mol.